The average Bonchev–Trinajstić information content (AvgIpc) is 2.77. The van der Waals surface area contributed by atoms with Gasteiger partial charge in [0.15, 0.2) is 0 Å². The molecule has 0 fully saturated rings. The number of rotatable bonds is 2. The second kappa shape index (κ2) is 4.82. The highest BCUT2D eigenvalue weighted by atomic mass is 35.5. The number of hydrogen-bond donors (Lipinski definition) is 0. The lowest BCUT2D eigenvalue weighted by Crippen LogP contribution is -2.04. The van der Waals surface area contributed by atoms with Crippen molar-refractivity contribution < 1.29 is 13.2 Å². The molecule has 0 atom stereocenters. The zero-order valence-corrected chi connectivity index (χ0v) is 10.4. The van der Waals surface area contributed by atoms with Crippen molar-refractivity contribution >= 4 is 23.2 Å². The van der Waals surface area contributed by atoms with Gasteiger partial charge in [0.1, 0.15) is 0 Å². The van der Waals surface area contributed by atoms with Crippen LogP contribution in [0.3, 0.4) is 0 Å². The van der Waals surface area contributed by atoms with Gasteiger partial charge in [0.2, 0.25) is 0 Å². The van der Waals surface area contributed by atoms with E-state index >= 15 is 0 Å². The Bertz CT molecular complexity index is 564. The quantitative estimate of drug-likeness (QED) is 0.756. The minimum atomic E-state index is -4.43. The first kappa shape index (κ1) is 13.2. The maximum atomic E-state index is 12.5. The largest absolute Gasteiger partial charge is 0.419 e. The van der Waals surface area contributed by atoms with E-state index in [2.05, 4.69) is 5.10 Å². The molecule has 0 saturated carbocycles. The van der Waals surface area contributed by atoms with Crippen LogP contribution in [0.4, 0.5) is 13.2 Å². The number of para-hydroxylation sites is 1. The number of alkyl halides is 4. The van der Waals surface area contributed by atoms with Crippen molar-refractivity contribution in [1.29, 1.82) is 0 Å². The summed E-state index contributed by atoms with van der Waals surface area (Å²) in [7, 11) is 0. The number of aromatic nitrogens is 2. The summed E-state index contributed by atoms with van der Waals surface area (Å²) in [6.45, 7) is 0. The fourth-order valence-electron chi connectivity index (χ4n) is 1.52. The zero-order chi connectivity index (χ0) is 13.3. The minimum Gasteiger partial charge on any atom is -0.239 e. The molecule has 1 heterocycles. The van der Waals surface area contributed by atoms with E-state index in [0.717, 1.165) is 17.1 Å². The number of halogens is 5. The van der Waals surface area contributed by atoms with E-state index < -0.39 is 11.7 Å². The third-order valence-corrected chi connectivity index (χ3v) is 2.95. The molecule has 0 saturated heterocycles. The normalized spacial score (nSPS) is 11.8. The first-order valence-corrected chi connectivity index (χ1v) is 5.80. The van der Waals surface area contributed by atoms with Gasteiger partial charge < -0.3 is 0 Å². The summed E-state index contributed by atoms with van der Waals surface area (Å²) < 4.78 is 38.5. The summed E-state index contributed by atoms with van der Waals surface area (Å²) in [5.74, 6) is 0.136. The second-order valence-corrected chi connectivity index (χ2v) is 4.23. The predicted octanol–water partition coefficient (Wildman–Crippen LogP) is 4.28. The molecule has 2 nitrogen and oxygen atoms in total. The van der Waals surface area contributed by atoms with E-state index in [0.29, 0.717) is 16.3 Å². The van der Waals surface area contributed by atoms with Crippen molar-refractivity contribution in [3.63, 3.8) is 0 Å². The van der Waals surface area contributed by atoms with E-state index in [4.69, 9.17) is 23.2 Å². The molecular formula is C11H7Cl2F3N2. The SMILES string of the molecule is FC(F)(F)c1cnn(-c2c(Cl)cccc2CCl)c1. The van der Waals surface area contributed by atoms with Gasteiger partial charge in [-0.15, -0.1) is 11.6 Å². The van der Waals surface area contributed by atoms with Crippen LogP contribution in [0.15, 0.2) is 30.6 Å². The molecule has 0 spiro atoms. The molecule has 18 heavy (non-hydrogen) atoms. The molecule has 0 radical (unpaired) electrons. The Morgan fingerprint density at radius 1 is 1.28 bits per heavy atom. The topological polar surface area (TPSA) is 17.8 Å². The van der Waals surface area contributed by atoms with E-state index in [1.165, 1.54) is 0 Å². The molecule has 2 aromatic rings. The second-order valence-electron chi connectivity index (χ2n) is 3.55. The van der Waals surface area contributed by atoms with Crippen molar-refractivity contribution in [3.8, 4) is 5.69 Å². The summed E-state index contributed by atoms with van der Waals surface area (Å²) in [5.41, 5.74) is 0.147. The molecular weight excluding hydrogens is 288 g/mol. The number of benzene rings is 1. The van der Waals surface area contributed by atoms with Crippen molar-refractivity contribution in [1.82, 2.24) is 9.78 Å². The molecule has 0 bridgehead atoms. The van der Waals surface area contributed by atoms with Crippen LogP contribution in [0.2, 0.25) is 5.02 Å². The van der Waals surface area contributed by atoms with Crippen LogP contribution in [-0.2, 0) is 12.1 Å². The molecule has 0 amide bonds. The molecule has 0 aliphatic rings. The fourth-order valence-corrected chi connectivity index (χ4v) is 2.01. The van der Waals surface area contributed by atoms with Crippen LogP contribution in [0.5, 0.6) is 0 Å². The average molecular weight is 295 g/mol. The smallest absolute Gasteiger partial charge is 0.239 e. The maximum absolute atomic E-state index is 12.5. The Labute approximate surface area is 111 Å². The number of nitrogens with zero attached hydrogens (tertiary/aromatic N) is 2. The first-order valence-electron chi connectivity index (χ1n) is 4.89. The van der Waals surface area contributed by atoms with Gasteiger partial charge in [-0.05, 0) is 11.6 Å². The Morgan fingerprint density at radius 3 is 2.56 bits per heavy atom. The molecule has 1 aromatic carbocycles. The van der Waals surface area contributed by atoms with E-state index in [1.807, 2.05) is 0 Å². The standard InChI is InChI=1S/C11H7Cl2F3N2/c12-4-7-2-1-3-9(13)10(7)18-6-8(5-17-18)11(14,15)16/h1-3,5-6H,4H2. The van der Waals surface area contributed by atoms with Crippen LogP contribution < -0.4 is 0 Å². The highest BCUT2D eigenvalue weighted by molar-refractivity contribution is 6.32. The molecule has 0 unspecified atom stereocenters. The van der Waals surface area contributed by atoms with Gasteiger partial charge in [0.25, 0.3) is 0 Å². The molecule has 7 heteroatoms. The van der Waals surface area contributed by atoms with Crippen LogP contribution in [0.25, 0.3) is 5.69 Å². The summed E-state index contributed by atoms with van der Waals surface area (Å²) in [6, 6.07) is 4.93. The summed E-state index contributed by atoms with van der Waals surface area (Å²) in [5, 5.41) is 3.97. The summed E-state index contributed by atoms with van der Waals surface area (Å²) in [4.78, 5) is 0. The third kappa shape index (κ3) is 2.47. The molecule has 96 valence electrons. The Kier molecular flexibility index (Phi) is 3.54. The maximum Gasteiger partial charge on any atom is 0.419 e. The minimum absolute atomic E-state index is 0.136. The monoisotopic (exact) mass is 294 g/mol. The fraction of sp³-hybridized carbons (Fsp3) is 0.182. The summed E-state index contributed by atoms with van der Waals surface area (Å²) >= 11 is 11.7. The van der Waals surface area contributed by atoms with Crippen LogP contribution in [0.1, 0.15) is 11.1 Å². The molecule has 1 aromatic heterocycles. The van der Waals surface area contributed by atoms with Gasteiger partial charge in [-0.1, -0.05) is 23.7 Å². The van der Waals surface area contributed by atoms with Gasteiger partial charge in [-0.25, -0.2) is 4.68 Å². The first-order chi connectivity index (χ1) is 8.43. The Balaban J connectivity index is 2.53. The van der Waals surface area contributed by atoms with Crippen molar-refractivity contribution in [2.24, 2.45) is 0 Å². The third-order valence-electron chi connectivity index (χ3n) is 2.35. The van der Waals surface area contributed by atoms with Gasteiger partial charge in [0.05, 0.1) is 22.5 Å². The van der Waals surface area contributed by atoms with E-state index in [1.54, 1.807) is 18.2 Å². The lowest BCUT2D eigenvalue weighted by Gasteiger charge is -2.09. The van der Waals surface area contributed by atoms with E-state index in [-0.39, 0.29) is 5.88 Å². The predicted molar refractivity (Wildman–Crippen MR) is 63.1 cm³/mol. The molecule has 0 aliphatic heterocycles. The molecule has 0 N–H and O–H groups in total. The van der Waals surface area contributed by atoms with Gasteiger partial charge in [-0.2, -0.15) is 18.3 Å². The van der Waals surface area contributed by atoms with Gasteiger partial charge in [0, 0.05) is 12.1 Å². The summed E-state index contributed by atoms with van der Waals surface area (Å²) in [6.07, 6.45) is -2.79. The van der Waals surface area contributed by atoms with E-state index in [9.17, 15) is 13.2 Å². The lowest BCUT2D eigenvalue weighted by atomic mass is 10.2. The van der Waals surface area contributed by atoms with Crippen molar-refractivity contribution in [3.05, 3.63) is 46.7 Å². The van der Waals surface area contributed by atoms with Crippen molar-refractivity contribution in [2.75, 3.05) is 0 Å². The zero-order valence-electron chi connectivity index (χ0n) is 8.88. The van der Waals surface area contributed by atoms with Crippen LogP contribution in [-0.4, -0.2) is 9.78 Å². The van der Waals surface area contributed by atoms with Crippen LogP contribution >= 0.6 is 23.2 Å². The van der Waals surface area contributed by atoms with Gasteiger partial charge >= 0.3 is 6.18 Å². The highest BCUT2D eigenvalue weighted by Crippen LogP contribution is 2.31. The molecule has 2 rings (SSSR count). The van der Waals surface area contributed by atoms with Gasteiger partial charge in [-0.3, -0.25) is 0 Å². The molecule has 0 aliphatic carbocycles. The number of hydrogen-bond acceptors (Lipinski definition) is 1. The lowest BCUT2D eigenvalue weighted by molar-refractivity contribution is -0.137. The Morgan fingerprint density at radius 2 is 2.00 bits per heavy atom. The van der Waals surface area contributed by atoms with Crippen LogP contribution in [0, 0.1) is 0 Å². The Hall–Kier alpha value is -1.20. The van der Waals surface area contributed by atoms with Crippen molar-refractivity contribution in [2.45, 2.75) is 12.1 Å². The highest BCUT2D eigenvalue weighted by Gasteiger charge is 2.32.